The first-order chi connectivity index (χ1) is 16.8. The zero-order chi connectivity index (χ0) is 24.8. The molecule has 0 aliphatic heterocycles. The molecule has 4 rings (SSSR count). The summed E-state index contributed by atoms with van der Waals surface area (Å²) in [5.41, 5.74) is 2.99. The van der Waals surface area contributed by atoms with Crippen LogP contribution in [0.3, 0.4) is 0 Å². The molecular formula is C29H30N2O4. The molecule has 1 aromatic heterocycles. The lowest BCUT2D eigenvalue weighted by Gasteiger charge is -2.18. The van der Waals surface area contributed by atoms with E-state index in [1.54, 1.807) is 18.2 Å². The Morgan fingerprint density at radius 2 is 1.69 bits per heavy atom. The number of hydrogen-bond donors (Lipinski definition) is 2. The van der Waals surface area contributed by atoms with Gasteiger partial charge in [-0.3, -0.25) is 9.59 Å². The monoisotopic (exact) mass is 470 g/mol. The van der Waals surface area contributed by atoms with Crippen molar-refractivity contribution >= 4 is 28.3 Å². The van der Waals surface area contributed by atoms with Crippen LogP contribution in [0.4, 0.5) is 11.4 Å². The molecular weight excluding hydrogens is 440 g/mol. The molecule has 0 spiro atoms. The fourth-order valence-corrected chi connectivity index (χ4v) is 3.55. The highest BCUT2D eigenvalue weighted by atomic mass is 16.5. The zero-order valence-corrected chi connectivity index (χ0v) is 20.3. The maximum Gasteiger partial charge on any atom is 0.229 e. The summed E-state index contributed by atoms with van der Waals surface area (Å²) in [5, 5.41) is 6.55. The summed E-state index contributed by atoms with van der Waals surface area (Å²) in [4.78, 5) is 25.4. The molecule has 180 valence electrons. The van der Waals surface area contributed by atoms with Crippen LogP contribution in [0.25, 0.3) is 22.3 Å². The molecule has 0 aliphatic rings. The molecule has 6 heteroatoms. The van der Waals surface area contributed by atoms with Gasteiger partial charge in [0.15, 0.2) is 5.43 Å². The number of rotatable bonds is 8. The summed E-state index contributed by atoms with van der Waals surface area (Å²) in [6.45, 7) is 7.33. The molecule has 0 saturated carbocycles. The summed E-state index contributed by atoms with van der Waals surface area (Å²) in [6.07, 6.45) is 0. The van der Waals surface area contributed by atoms with Crippen LogP contribution in [-0.4, -0.2) is 19.1 Å². The quantitative estimate of drug-likeness (QED) is 0.305. The lowest BCUT2D eigenvalue weighted by atomic mass is 9.95. The largest absolute Gasteiger partial charge is 0.456 e. The first kappa shape index (κ1) is 24.2. The number of hydrogen-bond acceptors (Lipinski definition) is 5. The van der Waals surface area contributed by atoms with Crippen LogP contribution in [0.2, 0.25) is 0 Å². The van der Waals surface area contributed by atoms with Crippen LogP contribution >= 0.6 is 0 Å². The molecule has 0 atom stereocenters. The Balaban J connectivity index is 1.42. The van der Waals surface area contributed by atoms with Crippen LogP contribution in [-0.2, 0) is 16.1 Å². The van der Waals surface area contributed by atoms with Gasteiger partial charge in [-0.15, -0.1) is 0 Å². The van der Waals surface area contributed by atoms with Crippen molar-refractivity contribution in [1.29, 1.82) is 0 Å². The highest BCUT2D eigenvalue weighted by Crippen LogP contribution is 2.28. The minimum atomic E-state index is -0.577. The van der Waals surface area contributed by atoms with Crippen LogP contribution in [0.15, 0.2) is 88.1 Å². The average molecular weight is 471 g/mol. The Morgan fingerprint density at radius 1 is 0.943 bits per heavy atom. The molecule has 0 fully saturated rings. The van der Waals surface area contributed by atoms with Gasteiger partial charge in [-0.05, 0) is 42.0 Å². The number of carbonyl (C=O) groups is 1. The molecule has 1 amide bonds. The highest BCUT2D eigenvalue weighted by molar-refractivity contribution is 6.02. The average Bonchev–Trinajstić information content (AvgIpc) is 2.84. The first-order valence-corrected chi connectivity index (χ1v) is 11.7. The minimum Gasteiger partial charge on any atom is -0.456 e. The molecule has 35 heavy (non-hydrogen) atoms. The SMILES string of the molecule is CC(C)(C)C(=O)Nc1cccc2oc(-c3ccc(NCCOCc4ccccc4)cc3)cc(=O)c12. The van der Waals surface area contributed by atoms with E-state index in [1.165, 1.54) is 6.07 Å². The number of benzene rings is 3. The van der Waals surface area contributed by atoms with Gasteiger partial charge in [0.2, 0.25) is 5.91 Å². The predicted octanol–water partition coefficient (Wildman–Crippen LogP) is 6.07. The molecule has 6 nitrogen and oxygen atoms in total. The number of carbonyl (C=O) groups excluding carboxylic acids is 1. The second-order valence-electron chi connectivity index (χ2n) is 9.40. The van der Waals surface area contributed by atoms with Gasteiger partial charge in [-0.2, -0.15) is 0 Å². The molecule has 0 unspecified atom stereocenters. The summed E-state index contributed by atoms with van der Waals surface area (Å²) < 4.78 is 11.7. The van der Waals surface area contributed by atoms with Crippen LogP contribution in [0, 0.1) is 5.41 Å². The summed E-state index contributed by atoms with van der Waals surface area (Å²) >= 11 is 0. The molecule has 3 aromatic carbocycles. The third kappa shape index (κ3) is 6.16. The third-order valence-corrected chi connectivity index (χ3v) is 5.54. The fourth-order valence-electron chi connectivity index (χ4n) is 3.55. The number of nitrogens with one attached hydrogen (secondary N) is 2. The van der Waals surface area contributed by atoms with Gasteiger partial charge >= 0.3 is 0 Å². The van der Waals surface area contributed by atoms with Crippen molar-refractivity contribution in [2.45, 2.75) is 27.4 Å². The lowest BCUT2D eigenvalue weighted by molar-refractivity contribution is -0.123. The van der Waals surface area contributed by atoms with Crippen molar-refractivity contribution in [2.24, 2.45) is 5.41 Å². The standard InChI is InChI=1S/C29H30N2O4/c1-29(2,3)28(33)31-23-10-7-11-25-27(23)24(32)18-26(35-25)21-12-14-22(15-13-21)30-16-17-34-19-20-8-5-4-6-9-20/h4-15,18,30H,16-17,19H2,1-3H3,(H,31,33). The van der Waals surface area contributed by atoms with Crippen molar-refractivity contribution in [2.75, 3.05) is 23.8 Å². The van der Waals surface area contributed by atoms with Crippen LogP contribution < -0.4 is 16.1 Å². The van der Waals surface area contributed by atoms with Crippen molar-refractivity contribution in [3.05, 3.63) is 94.6 Å². The Kier molecular flexibility index (Phi) is 7.32. The summed E-state index contributed by atoms with van der Waals surface area (Å²) in [5.74, 6) is 0.307. The second kappa shape index (κ2) is 10.6. The van der Waals surface area contributed by atoms with Crippen molar-refractivity contribution < 1.29 is 13.9 Å². The van der Waals surface area contributed by atoms with E-state index in [4.69, 9.17) is 9.15 Å². The van der Waals surface area contributed by atoms with Crippen LogP contribution in [0.5, 0.6) is 0 Å². The maximum atomic E-state index is 13.0. The van der Waals surface area contributed by atoms with E-state index in [1.807, 2.05) is 75.4 Å². The minimum absolute atomic E-state index is 0.165. The topological polar surface area (TPSA) is 80.6 Å². The van der Waals surface area contributed by atoms with Gasteiger partial charge in [0.05, 0.1) is 24.3 Å². The second-order valence-corrected chi connectivity index (χ2v) is 9.40. The van der Waals surface area contributed by atoms with Gasteiger partial charge in [0, 0.05) is 29.3 Å². The lowest BCUT2D eigenvalue weighted by Crippen LogP contribution is -2.28. The maximum absolute atomic E-state index is 13.0. The van der Waals surface area contributed by atoms with E-state index in [2.05, 4.69) is 10.6 Å². The highest BCUT2D eigenvalue weighted by Gasteiger charge is 2.22. The summed E-state index contributed by atoms with van der Waals surface area (Å²) in [6, 6.07) is 24.4. The van der Waals surface area contributed by atoms with Crippen LogP contribution in [0.1, 0.15) is 26.3 Å². The molecule has 2 N–H and O–H groups in total. The van der Waals surface area contributed by atoms with E-state index in [-0.39, 0.29) is 11.3 Å². The smallest absolute Gasteiger partial charge is 0.229 e. The van der Waals surface area contributed by atoms with Gasteiger partial charge in [-0.1, -0.05) is 57.2 Å². The Bertz CT molecular complexity index is 1350. The van der Waals surface area contributed by atoms with Gasteiger partial charge in [-0.25, -0.2) is 0 Å². The Labute approximate surface area is 204 Å². The summed E-state index contributed by atoms with van der Waals surface area (Å²) in [7, 11) is 0. The zero-order valence-electron chi connectivity index (χ0n) is 20.3. The molecule has 0 bridgehead atoms. The van der Waals surface area contributed by atoms with E-state index in [9.17, 15) is 9.59 Å². The van der Waals surface area contributed by atoms with E-state index >= 15 is 0 Å². The Hall–Kier alpha value is -3.90. The van der Waals surface area contributed by atoms with Gasteiger partial charge in [0.1, 0.15) is 11.3 Å². The normalized spacial score (nSPS) is 11.4. The molecule has 0 saturated heterocycles. The van der Waals surface area contributed by atoms with Gasteiger partial charge in [0.25, 0.3) is 0 Å². The number of fused-ring (bicyclic) bond motifs is 1. The first-order valence-electron chi connectivity index (χ1n) is 11.7. The van der Waals surface area contributed by atoms with E-state index in [0.717, 1.165) is 16.8 Å². The molecule has 4 aromatic rings. The fraction of sp³-hybridized carbons (Fsp3) is 0.241. The number of ether oxygens (including phenoxy) is 1. The Morgan fingerprint density at radius 3 is 2.40 bits per heavy atom. The van der Waals surface area contributed by atoms with E-state index < -0.39 is 5.41 Å². The number of anilines is 2. The predicted molar refractivity (Wildman–Crippen MR) is 141 cm³/mol. The van der Waals surface area contributed by atoms with Crippen molar-refractivity contribution in [1.82, 2.24) is 0 Å². The van der Waals surface area contributed by atoms with Crippen molar-refractivity contribution in [3.8, 4) is 11.3 Å². The molecule has 1 heterocycles. The molecule has 0 aliphatic carbocycles. The van der Waals surface area contributed by atoms with E-state index in [0.29, 0.717) is 42.2 Å². The van der Waals surface area contributed by atoms with Crippen molar-refractivity contribution in [3.63, 3.8) is 0 Å². The number of amides is 1. The third-order valence-electron chi connectivity index (χ3n) is 5.54. The van der Waals surface area contributed by atoms with Gasteiger partial charge < -0.3 is 19.8 Å². The molecule has 0 radical (unpaired) electrons.